The number of hydrogen-bond acceptors (Lipinski definition) is 3. The lowest BCUT2D eigenvalue weighted by atomic mass is 9.89. The lowest BCUT2D eigenvalue weighted by Crippen LogP contribution is -2.49. The first-order valence-electron chi connectivity index (χ1n) is 9.05. The summed E-state index contributed by atoms with van der Waals surface area (Å²) in [6, 6.07) is 4.25. The van der Waals surface area contributed by atoms with Crippen LogP contribution in [0.3, 0.4) is 0 Å². The summed E-state index contributed by atoms with van der Waals surface area (Å²) in [7, 11) is 0. The van der Waals surface area contributed by atoms with E-state index in [9.17, 15) is 4.79 Å². The number of anilines is 1. The zero-order valence-corrected chi connectivity index (χ0v) is 14.4. The molecular formula is C19H28N2O2. The third-order valence-corrected chi connectivity index (χ3v) is 4.89. The van der Waals surface area contributed by atoms with Crippen LogP contribution in [-0.2, 0) is 17.6 Å². The maximum atomic E-state index is 12.5. The average Bonchev–Trinajstić information content (AvgIpc) is 2.57. The third kappa shape index (κ3) is 3.37. The van der Waals surface area contributed by atoms with Gasteiger partial charge in [0.1, 0.15) is 11.4 Å². The van der Waals surface area contributed by atoms with E-state index >= 15 is 0 Å². The van der Waals surface area contributed by atoms with Gasteiger partial charge >= 0.3 is 0 Å². The van der Waals surface area contributed by atoms with Gasteiger partial charge in [0.05, 0.1) is 6.61 Å². The molecule has 0 radical (unpaired) electrons. The Kier molecular flexibility index (Phi) is 5.21. The molecule has 0 bridgehead atoms. The van der Waals surface area contributed by atoms with Crippen LogP contribution in [0.1, 0.15) is 57.1 Å². The van der Waals surface area contributed by atoms with E-state index in [0.29, 0.717) is 6.61 Å². The van der Waals surface area contributed by atoms with Crippen molar-refractivity contribution in [2.45, 2.75) is 58.8 Å². The van der Waals surface area contributed by atoms with Crippen LogP contribution in [0, 0.1) is 0 Å². The Morgan fingerprint density at radius 1 is 1.13 bits per heavy atom. The maximum Gasteiger partial charge on any atom is 0.238 e. The zero-order chi connectivity index (χ0) is 16.2. The molecule has 0 spiro atoms. The second-order valence-electron chi connectivity index (χ2n) is 6.54. The average molecular weight is 316 g/mol. The van der Waals surface area contributed by atoms with Crippen molar-refractivity contribution >= 4 is 11.6 Å². The molecule has 126 valence electrons. The van der Waals surface area contributed by atoms with Gasteiger partial charge in [-0.3, -0.25) is 4.79 Å². The largest absolute Gasteiger partial charge is 0.492 e. The summed E-state index contributed by atoms with van der Waals surface area (Å²) in [6.45, 7) is 6.20. The second-order valence-corrected chi connectivity index (χ2v) is 6.54. The van der Waals surface area contributed by atoms with E-state index in [1.54, 1.807) is 6.92 Å². The van der Waals surface area contributed by atoms with Crippen LogP contribution in [0.5, 0.6) is 5.75 Å². The fourth-order valence-electron chi connectivity index (χ4n) is 3.87. The van der Waals surface area contributed by atoms with Gasteiger partial charge < -0.3 is 4.74 Å². The number of benzene rings is 1. The minimum absolute atomic E-state index is 0.0897. The van der Waals surface area contributed by atoms with Crippen molar-refractivity contribution in [3.05, 3.63) is 23.3 Å². The molecular weight excluding hydrogens is 288 g/mol. The van der Waals surface area contributed by atoms with E-state index in [1.807, 2.05) is 11.9 Å². The maximum absolute atomic E-state index is 12.5. The Hall–Kier alpha value is -1.55. The van der Waals surface area contributed by atoms with Gasteiger partial charge in [0.15, 0.2) is 0 Å². The first-order valence-corrected chi connectivity index (χ1v) is 9.05. The highest BCUT2D eigenvalue weighted by atomic mass is 16.5. The minimum Gasteiger partial charge on any atom is -0.492 e. The standard InChI is InChI=1S/C19H28N2O2/c1-3-23-18-12-11-16-9-5-6-10-17(16)19(18)21(15(2)22)20-13-7-4-8-14-20/h11-12H,3-10,13-14H2,1-2H3. The van der Waals surface area contributed by atoms with Crippen LogP contribution >= 0.6 is 0 Å². The molecule has 1 aromatic rings. The number of ether oxygens (including phenoxy) is 1. The Bertz CT molecular complexity index is 565. The molecule has 1 aromatic carbocycles. The van der Waals surface area contributed by atoms with E-state index in [4.69, 9.17) is 4.74 Å². The van der Waals surface area contributed by atoms with Crippen molar-refractivity contribution in [3.8, 4) is 5.75 Å². The van der Waals surface area contributed by atoms with Gasteiger partial charge in [0.2, 0.25) is 5.91 Å². The first kappa shape index (κ1) is 16.3. The number of hydrogen-bond donors (Lipinski definition) is 0. The smallest absolute Gasteiger partial charge is 0.238 e. The molecule has 4 nitrogen and oxygen atoms in total. The molecule has 1 aliphatic carbocycles. The van der Waals surface area contributed by atoms with Crippen LogP contribution < -0.4 is 9.75 Å². The van der Waals surface area contributed by atoms with E-state index in [2.05, 4.69) is 17.1 Å². The Labute approximate surface area is 139 Å². The highest BCUT2D eigenvalue weighted by molar-refractivity contribution is 5.93. The van der Waals surface area contributed by atoms with Gasteiger partial charge in [0, 0.05) is 20.0 Å². The number of amides is 1. The number of rotatable bonds is 4. The number of carbonyl (C=O) groups excluding carboxylic acids is 1. The van der Waals surface area contributed by atoms with Crippen LogP contribution in [-0.4, -0.2) is 30.6 Å². The summed E-state index contributed by atoms with van der Waals surface area (Å²) in [5.41, 5.74) is 3.72. The van der Waals surface area contributed by atoms with Crippen LogP contribution in [0.4, 0.5) is 5.69 Å². The number of piperidine rings is 1. The molecule has 1 aliphatic heterocycles. The predicted octanol–water partition coefficient (Wildman–Crippen LogP) is 3.72. The quantitative estimate of drug-likeness (QED) is 0.849. The van der Waals surface area contributed by atoms with Gasteiger partial charge in [-0.1, -0.05) is 12.5 Å². The summed E-state index contributed by atoms with van der Waals surface area (Å²) in [5, 5.41) is 4.13. The molecule has 1 fully saturated rings. The van der Waals surface area contributed by atoms with E-state index in [1.165, 1.54) is 30.4 Å². The molecule has 1 heterocycles. The van der Waals surface area contributed by atoms with Crippen molar-refractivity contribution in [2.24, 2.45) is 0 Å². The summed E-state index contributed by atoms with van der Waals surface area (Å²) in [6.07, 6.45) is 8.16. The molecule has 1 amide bonds. The normalized spacial score (nSPS) is 18.3. The van der Waals surface area contributed by atoms with Crippen LogP contribution in [0.2, 0.25) is 0 Å². The van der Waals surface area contributed by atoms with Gasteiger partial charge in [-0.15, -0.1) is 0 Å². The van der Waals surface area contributed by atoms with Crippen molar-refractivity contribution in [3.63, 3.8) is 0 Å². The minimum atomic E-state index is 0.0897. The lowest BCUT2D eigenvalue weighted by molar-refractivity contribution is -0.119. The Balaban J connectivity index is 2.07. The van der Waals surface area contributed by atoms with Gasteiger partial charge in [-0.25, -0.2) is 10.0 Å². The summed E-state index contributed by atoms with van der Waals surface area (Å²) in [4.78, 5) is 12.5. The Morgan fingerprint density at radius 2 is 1.87 bits per heavy atom. The monoisotopic (exact) mass is 316 g/mol. The number of fused-ring (bicyclic) bond motifs is 1. The van der Waals surface area contributed by atoms with Gasteiger partial charge in [0.25, 0.3) is 0 Å². The van der Waals surface area contributed by atoms with Crippen molar-refractivity contribution in [1.29, 1.82) is 0 Å². The summed E-state index contributed by atoms with van der Waals surface area (Å²) < 4.78 is 5.90. The number of nitrogens with zero attached hydrogens (tertiary/aromatic N) is 2. The van der Waals surface area contributed by atoms with E-state index < -0.39 is 0 Å². The second kappa shape index (κ2) is 7.35. The molecule has 0 atom stereocenters. The summed E-state index contributed by atoms with van der Waals surface area (Å²) in [5.74, 6) is 0.945. The SMILES string of the molecule is CCOc1ccc2c(c1N(C(C)=O)N1CCCCC1)CCCC2. The Morgan fingerprint density at radius 3 is 2.57 bits per heavy atom. The molecule has 23 heavy (non-hydrogen) atoms. The fraction of sp³-hybridized carbons (Fsp3) is 0.632. The van der Waals surface area contributed by atoms with Gasteiger partial charge in [-0.2, -0.15) is 0 Å². The van der Waals surface area contributed by atoms with E-state index in [0.717, 1.165) is 50.2 Å². The van der Waals surface area contributed by atoms with Crippen LogP contribution in [0.15, 0.2) is 12.1 Å². The molecule has 0 aromatic heterocycles. The topological polar surface area (TPSA) is 32.8 Å². The lowest BCUT2D eigenvalue weighted by Gasteiger charge is -2.39. The van der Waals surface area contributed by atoms with Crippen molar-refractivity contribution < 1.29 is 9.53 Å². The molecule has 0 saturated carbocycles. The van der Waals surface area contributed by atoms with Crippen molar-refractivity contribution in [2.75, 3.05) is 24.7 Å². The molecule has 2 aliphatic rings. The zero-order valence-electron chi connectivity index (χ0n) is 14.4. The molecule has 1 saturated heterocycles. The fourth-order valence-corrected chi connectivity index (χ4v) is 3.87. The van der Waals surface area contributed by atoms with Crippen LogP contribution in [0.25, 0.3) is 0 Å². The number of hydrazine groups is 1. The molecule has 4 heteroatoms. The first-order chi connectivity index (χ1) is 11.2. The highest BCUT2D eigenvalue weighted by Crippen LogP contribution is 2.39. The molecule has 3 rings (SSSR count). The highest BCUT2D eigenvalue weighted by Gasteiger charge is 2.29. The number of carbonyl (C=O) groups is 1. The third-order valence-electron chi connectivity index (χ3n) is 4.89. The molecule has 0 N–H and O–H groups in total. The summed E-state index contributed by atoms with van der Waals surface area (Å²) >= 11 is 0. The van der Waals surface area contributed by atoms with E-state index in [-0.39, 0.29) is 5.91 Å². The van der Waals surface area contributed by atoms with Crippen molar-refractivity contribution in [1.82, 2.24) is 5.01 Å². The molecule has 0 unspecified atom stereocenters. The predicted molar refractivity (Wildman–Crippen MR) is 92.8 cm³/mol. The number of aryl methyl sites for hydroxylation is 1. The van der Waals surface area contributed by atoms with Gasteiger partial charge in [-0.05, 0) is 62.6 Å².